The van der Waals surface area contributed by atoms with Crippen LogP contribution in [-0.2, 0) is 0 Å². The Morgan fingerprint density at radius 2 is 2.58 bits per heavy atom. The third-order valence-corrected chi connectivity index (χ3v) is 1.17. The first-order valence-electron chi connectivity index (χ1n) is 3.51. The van der Waals surface area contributed by atoms with Crippen LogP contribution in [0.4, 0.5) is 0 Å². The Morgan fingerprint density at radius 1 is 1.75 bits per heavy atom. The van der Waals surface area contributed by atoms with Crippen LogP contribution in [0, 0.1) is 11.8 Å². The molecule has 0 bridgehead atoms. The van der Waals surface area contributed by atoms with Gasteiger partial charge in [0.05, 0.1) is 12.1 Å². The lowest BCUT2D eigenvalue weighted by atomic mass is 10.3. The highest BCUT2D eigenvalue weighted by molar-refractivity contribution is 5.29. The normalized spacial score (nSPS) is 8.75. The van der Waals surface area contributed by atoms with Gasteiger partial charge < -0.3 is 10.3 Å². The molecule has 62 valence electrons. The molecule has 0 aliphatic carbocycles. The van der Waals surface area contributed by atoms with Crippen LogP contribution in [0.2, 0.25) is 0 Å². The molecule has 0 aliphatic rings. The highest BCUT2D eigenvalue weighted by Crippen LogP contribution is 1.84. The minimum atomic E-state index is -0.353. The van der Waals surface area contributed by atoms with E-state index in [0.29, 0.717) is 12.1 Å². The summed E-state index contributed by atoms with van der Waals surface area (Å²) in [5, 5.41) is 2.88. The highest BCUT2D eigenvalue weighted by atomic mass is 16.1. The molecule has 1 heterocycles. The van der Waals surface area contributed by atoms with Crippen molar-refractivity contribution in [3.05, 3.63) is 28.4 Å². The largest absolute Gasteiger partial charge is 0.344 e. The molecular formula is C8H9N3O. The molecule has 1 rings (SSSR count). The van der Waals surface area contributed by atoms with E-state index in [1.807, 2.05) is 7.05 Å². The van der Waals surface area contributed by atoms with Crippen molar-refractivity contribution in [1.29, 1.82) is 0 Å². The Kier molecular flexibility index (Phi) is 3.05. The van der Waals surface area contributed by atoms with Crippen LogP contribution in [0.5, 0.6) is 0 Å². The van der Waals surface area contributed by atoms with E-state index in [0.717, 1.165) is 0 Å². The maximum Gasteiger partial charge on any atom is 0.344 e. The van der Waals surface area contributed by atoms with E-state index in [4.69, 9.17) is 0 Å². The third kappa shape index (κ3) is 2.56. The van der Waals surface area contributed by atoms with Gasteiger partial charge in [-0.3, -0.25) is 0 Å². The van der Waals surface area contributed by atoms with Crippen molar-refractivity contribution in [2.24, 2.45) is 0 Å². The van der Waals surface area contributed by atoms with E-state index in [9.17, 15) is 4.79 Å². The van der Waals surface area contributed by atoms with Gasteiger partial charge in [0.15, 0.2) is 0 Å². The average Bonchev–Trinajstić information content (AvgIpc) is 2.09. The van der Waals surface area contributed by atoms with Gasteiger partial charge in [0.25, 0.3) is 0 Å². The molecule has 1 aromatic heterocycles. The standard InChI is InChI=1S/C8H9N3O/c1-9-4-2-3-7-5-10-8(12)11-6-7/h5-6,9H,4H2,1H3,(H,10,11,12). The van der Waals surface area contributed by atoms with E-state index < -0.39 is 0 Å². The number of aromatic nitrogens is 2. The van der Waals surface area contributed by atoms with Gasteiger partial charge in [-0.1, -0.05) is 11.8 Å². The molecule has 0 unspecified atom stereocenters. The van der Waals surface area contributed by atoms with Gasteiger partial charge in [0, 0.05) is 12.4 Å². The maximum absolute atomic E-state index is 10.5. The van der Waals surface area contributed by atoms with E-state index in [1.54, 1.807) is 0 Å². The lowest BCUT2D eigenvalue weighted by molar-refractivity contribution is 0.938. The van der Waals surface area contributed by atoms with Gasteiger partial charge in [-0.15, -0.1) is 0 Å². The highest BCUT2D eigenvalue weighted by Gasteiger charge is 1.85. The summed E-state index contributed by atoms with van der Waals surface area (Å²) in [7, 11) is 1.82. The molecule has 0 radical (unpaired) electrons. The Morgan fingerprint density at radius 3 is 3.17 bits per heavy atom. The van der Waals surface area contributed by atoms with Gasteiger partial charge in [-0.2, -0.15) is 0 Å². The Bertz CT molecular complexity index is 338. The van der Waals surface area contributed by atoms with E-state index in [2.05, 4.69) is 27.1 Å². The van der Waals surface area contributed by atoms with Gasteiger partial charge in [0.2, 0.25) is 0 Å². The SMILES string of the molecule is CNCC#Cc1cnc(=O)[nH]c1. The summed E-state index contributed by atoms with van der Waals surface area (Å²) in [6, 6.07) is 0. The summed E-state index contributed by atoms with van der Waals surface area (Å²) < 4.78 is 0. The molecule has 0 saturated carbocycles. The minimum Gasteiger partial charge on any atom is -0.311 e. The van der Waals surface area contributed by atoms with Crippen molar-refractivity contribution >= 4 is 0 Å². The number of rotatable bonds is 1. The molecule has 0 fully saturated rings. The zero-order valence-electron chi connectivity index (χ0n) is 6.72. The number of hydrogen-bond acceptors (Lipinski definition) is 3. The maximum atomic E-state index is 10.5. The Hall–Kier alpha value is -1.60. The summed E-state index contributed by atoms with van der Waals surface area (Å²) in [6.45, 7) is 0.624. The Labute approximate surface area is 70.0 Å². The van der Waals surface area contributed by atoms with Crippen LogP contribution >= 0.6 is 0 Å². The van der Waals surface area contributed by atoms with Crippen molar-refractivity contribution in [3.63, 3.8) is 0 Å². The van der Waals surface area contributed by atoms with Gasteiger partial charge in [-0.25, -0.2) is 9.78 Å². The summed E-state index contributed by atoms with van der Waals surface area (Å²) >= 11 is 0. The predicted molar refractivity (Wildman–Crippen MR) is 45.7 cm³/mol. The third-order valence-electron chi connectivity index (χ3n) is 1.17. The molecule has 0 amide bonds. The molecule has 2 N–H and O–H groups in total. The van der Waals surface area contributed by atoms with Gasteiger partial charge in [-0.05, 0) is 7.05 Å². The molecule has 1 aromatic rings. The van der Waals surface area contributed by atoms with Crippen molar-refractivity contribution < 1.29 is 0 Å². The Balaban J connectivity index is 2.72. The number of H-pyrrole nitrogens is 1. The van der Waals surface area contributed by atoms with Crippen LogP contribution in [0.25, 0.3) is 0 Å². The summed E-state index contributed by atoms with van der Waals surface area (Å²) in [4.78, 5) is 16.5. The van der Waals surface area contributed by atoms with Gasteiger partial charge >= 0.3 is 5.69 Å². The minimum absolute atomic E-state index is 0.353. The van der Waals surface area contributed by atoms with Crippen LogP contribution in [-0.4, -0.2) is 23.6 Å². The molecule has 12 heavy (non-hydrogen) atoms. The second kappa shape index (κ2) is 4.31. The number of hydrogen-bond donors (Lipinski definition) is 2. The van der Waals surface area contributed by atoms with Crippen LogP contribution in [0.3, 0.4) is 0 Å². The van der Waals surface area contributed by atoms with Crippen LogP contribution in [0.1, 0.15) is 5.56 Å². The number of nitrogens with zero attached hydrogens (tertiary/aromatic N) is 1. The summed E-state index contributed by atoms with van der Waals surface area (Å²) in [5.74, 6) is 5.68. The smallest absolute Gasteiger partial charge is 0.311 e. The second-order valence-electron chi connectivity index (χ2n) is 2.14. The lowest BCUT2D eigenvalue weighted by Crippen LogP contribution is -2.08. The summed E-state index contributed by atoms with van der Waals surface area (Å²) in [5.41, 5.74) is 0.360. The number of aromatic amines is 1. The topological polar surface area (TPSA) is 57.8 Å². The average molecular weight is 163 g/mol. The molecule has 0 aromatic carbocycles. The zero-order valence-corrected chi connectivity index (χ0v) is 6.72. The predicted octanol–water partition coefficient (Wildman–Crippen LogP) is -0.659. The van der Waals surface area contributed by atoms with Crippen molar-refractivity contribution in [1.82, 2.24) is 15.3 Å². The lowest BCUT2D eigenvalue weighted by Gasteiger charge is -1.86. The zero-order chi connectivity index (χ0) is 8.81. The molecule has 4 heteroatoms. The van der Waals surface area contributed by atoms with E-state index in [1.165, 1.54) is 12.4 Å². The fourth-order valence-electron chi connectivity index (χ4n) is 0.645. The van der Waals surface area contributed by atoms with Gasteiger partial charge in [0.1, 0.15) is 0 Å². The monoisotopic (exact) mass is 163 g/mol. The van der Waals surface area contributed by atoms with E-state index >= 15 is 0 Å². The second-order valence-corrected chi connectivity index (χ2v) is 2.14. The molecule has 0 atom stereocenters. The summed E-state index contributed by atoms with van der Waals surface area (Å²) in [6.07, 6.45) is 2.99. The first kappa shape index (κ1) is 8.50. The van der Waals surface area contributed by atoms with E-state index in [-0.39, 0.29) is 5.69 Å². The first-order chi connectivity index (χ1) is 5.83. The van der Waals surface area contributed by atoms with Crippen molar-refractivity contribution in [2.75, 3.05) is 13.6 Å². The number of nitrogens with one attached hydrogen (secondary N) is 2. The molecule has 0 aliphatic heterocycles. The molecule has 4 nitrogen and oxygen atoms in total. The van der Waals surface area contributed by atoms with Crippen molar-refractivity contribution in [3.8, 4) is 11.8 Å². The fraction of sp³-hybridized carbons (Fsp3) is 0.250. The first-order valence-corrected chi connectivity index (χ1v) is 3.51. The fourth-order valence-corrected chi connectivity index (χ4v) is 0.645. The molecule has 0 saturated heterocycles. The molecular weight excluding hydrogens is 154 g/mol. The van der Waals surface area contributed by atoms with Crippen LogP contribution in [0.15, 0.2) is 17.2 Å². The quantitative estimate of drug-likeness (QED) is 0.540. The van der Waals surface area contributed by atoms with Crippen molar-refractivity contribution in [2.45, 2.75) is 0 Å². The molecule has 0 spiro atoms. The van der Waals surface area contributed by atoms with Crippen LogP contribution < -0.4 is 11.0 Å².